The third-order valence-corrected chi connectivity index (χ3v) is 7.11. The molecule has 196 valence electrons. The van der Waals surface area contributed by atoms with Gasteiger partial charge in [-0.05, 0) is 68.5 Å². The fourth-order valence-electron chi connectivity index (χ4n) is 4.96. The lowest BCUT2D eigenvalue weighted by molar-refractivity contribution is -0.140. The van der Waals surface area contributed by atoms with Crippen LogP contribution in [-0.2, 0) is 6.18 Å². The number of anilines is 1. The van der Waals surface area contributed by atoms with Crippen LogP contribution in [0.3, 0.4) is 0 Å². The predicted octanol–water partition coefficient (Wildman–Crippen LogP) is 7.43. The van der Waals surface area contributed by atoms with Crippen LogP contribution in [0.25, 0.3) is 22.0 Å². The highest BCUT2D eigenvalue weighted by molar-refractivity contribution is 6.31. The van der Waals surface area contributed by atoms with E-state index in [1.165, 1.54) is 12.1 Å². The minimum absolute atomic E-state index is 0.0339. The number of alkyl halides is 3. The summed E-state index contributed by atoms with van der Waals surface area (Å²) in [6.07, 6.45) is 1.53. The van der Waals surface area contributed by atoms with Gasteiger partial charge in [0.05, 0.1) is 11.1 Å². The lowest BCUT2D eigenvalue weighted by Gasteiger charge is -2.31. The summed E-state index contributed by atoms with van der Waals surface area (Å²) in [6.45, 7) is 2.00. The number of nitrogens with one attached hydrogen (secondary N) is 2. The molecule has 0 aliphatic heterocycles. The molecule has 2 N–H and O–H groups in total. The van der Waals surface area contributed by atoms with Crippen molar-refractivity contribution in [1.29, 1.82) is 0 Å². The fraction of sp³-hybridized carbons (Fsp3) is 0.276. The number of hydrogen-bond acceptors (Lipinski definition) is 4. The summed E-state index contributed by atoms with van der Waals surface area (Å²) in [5.41, 5.74) is 3.00. The standard InChI is InChI=1S/C29H26ClF3N4O/c1-17-3-2-4-18(13-17)24-16-34-12-11-22(24)28(38)36-21-8-6-20(7-9-21)35-26-15-27(29(31,32)33)37-25-10-5-19(30)14-23(25)26/h2-5,10-16,20-21H,6-9H2,1H3,(H,35,37)(H,36,38). The van der Waals surface area contributed by atoms with Gasteiger partial charge in [-0.15, -0.1) is 0 Å². The van der Waals surface area contributed by atoms with Crippen molar-refractivity contribution in [3.05, 3.63) is 88.8 Å². The maximum atomic E-state index is 13.5. The first-order valence-corrected chi connectivity index (χ1v) is 12.8. The summed E-state index contributed by atoms with van der Waals surface area (Å²) >= 11 is 6.12. The molecule has 0 unspecified atom stereocenters. The number of benzene rings is 2. The predicted molar refractivity (Wildman–Crippen MR) is 143 cm³/mol. The first-order chi connectivity index (χ1) is 18.2. The van der Waals surface area contributed by atoms with Gasteiger partial charge in [-0.25, -0.2) is 4.98 Å². The Labute approximate surface area is 223 Å². The minimum atomic E-state index is -4.56. The summed E-state index contributed by atoms with van der Waals surface area (Å²) in [6, 6.07) is 15.3. The van der Waals surface area contributed by atoms with Crippen LogP contribution in [0.4, 0.5) is 18.9 Å². The van der Waals surface area contributed by atoms with Crippen LogP contribution in [-0.4, -0.2) is 28.0 Å². The van der Waals surface area contributed by atoms with Crippen LogP contribution in [0.5, 0.6) is 0 Å². The molecule has 1 aliphatic carbocycles. The van der Waals surface area contributed by atoms with Crippen molar-refractivity contribution < 1.29 is 18.0 Å². The van der Waals surface area contributed by atoms with Crippen molar-refractivity contribution in [1.82, 2.24) is 15.3 Å². The van der Waals surface area contributed by atoms with Crippen molar-refractivity contribution >= 4 is 34.1 Å². The van der Waals surface area contributed by atoms with Crippen LogP contribution in [0.15, 0.2) is 67.0 Å². The molecule has 2 aromatic heterocycles. The zero-order valence-corrected chi connectivity index (χ0v) is 21.4. The molecule has 0 atom stereocenters. The zero-order valence-electron chi connectivity index (χ0n) is 20.6. The third-order valence-electron chi connectivity index (χ3n) is 6.88. The first kappa shape index (κ1) is 26.0. The summed E-state index contributed by atoms with van der Waals surface area (Å²) in [7, 11) is 0. The number of aryl methyl sites for hydroxylation is 1. The van der Waals surface area contributed by atoms with Crippen LogP contribution in [0.1, 0.15) is 47.3 Å². The second-order valence-corrected chi connectivity index (χ2v) is 10.1. The van der Waals surface area contributed by atoms with E-state index in [-0.39, 0.29) is 23.5 Å². The van der Waals surface area contributed by atoms with Gasteiger partial charge >= 0.3 is 6.18 Å². The lowest BCUT2D eigenvalue weighted by atomic mass is 9.90. The Balaban J connectivity index is 1.27. The van der Waals surface area contributed by atoms with E-state index in [1.54, 1.807) is 24.5 Å². The van der Waals surface area contributed by atoms with E-state index in [0.717, 1.165) is 22.8 Å². The number of hydrogen-bond donors (Lipinski definition) is 2. The van der Waals surface area contributed by atoms with Crippen LogP contribution in [0.2, 0.25) is 5.02 Å². The maximum Gasteiger partial charge on any atom is 0.433 e. The van der Waals surface area contributed by atoms with Crippen LogP contribution < -0.4 is 10.6 Å². The van der Waals surface area contributed by atoms with E-state index < -0.39 is 11.9 Å². The second-order valence-electron chi connectivity index (χ2n) is 9.67. The molecule has 0 saturated heterocycles. The number of pyridine rings is 2. The topological polar surface area (TPSA) is 66.9 Å². The molecule has 1 amide bonds. The molecule has 9 heteroatoms. The number of amides is 1. The highest BCUT2D eigenvalue weighted by Crippen LogP contribution is 2.35. The fourth-order valence-corrected chi connectivity index (χ4v) is 5.13. The summed E-state index contributed by atoms with van der Waals surface area (Å²) in [5, 5.41) is 7.39. The lowest BCUT2D eigenvalue weighted by Crippen LogP contribution is -2.40. The summed E-state index contributed by atoms with van der Waals surface area (Å²) in [5.74, 6) is -0.162. The molecule has 5 rings (SSSR count). The average molecular weight is 539 g/mol. The second kappa shape index (κ2) is 10.6. The molecular formula is C29H26ClF3N4O. The van der Waals surface area contributed by atoms with E-state index in [2.05, 4.69) is 20.6 Å². The molecule has 1 aliphatic rings. The van der Waals surface area contributed by atoms with Gasteiger partial charge in [0.25, 0.3) is 5.91 Å². The minimum Gasteiger partial charge on any atom is -0.382 e. The highest BCUT2D eigenvalue weighted by atomic mass is 35.5. The highest BCUT2D eigenvalue weighted by Gasteiger charge is 2.34. The summed E-state index contributed by atoms with van der Waals surface area (Å²) in [4.78, 5) is 21.2. The number of carbonyl (C=O) groups excluding carboxylic acids is 1. The third kappa shape index (κ3) is 5.75. The zero-order chi connectivity index (χ0) is 26.9. The Morgan fingerprint density at radius 3 is 2.50 bits per heavy atom. The van der Waals surface area contributed by atoms with Crippen LogP contribution in [0, 0.1) is 6.92 Å². The molecule has 2 aromatic carbocycles. The molecule has 5 nitrogen and oxygen atoms in total. The molecule has 1 fully saturated rings. The Morgan fingerprint density at radius 1 is 1.00 bits per heavy atom. The SMILES string of the molecule is Cc1cccc(-c2cnccc2C(=O)NC2CCC(Nc3cc(C(F)(F)F)nc4ccc(Cl)cc34)CC2)c1. The number of nitrogens with zero attached hydrogens (tertiary/aromatic N) is 2. The molecule has 38 heavy (non-hydrogen) atoms. The monoisotopic (exact) mass is 538 g/mol. The van der Waals surface area contributed by atoms with E-state index in [9.17, 15) is 18.0 Å². The van der Waals surface area contributed by atoms with Crippen LogP contribution >= 0.6 is 11.6 Å². The largest absolute Gasteiger partial charge is 0.433 e. The Kier molecular flexibility index (Phi) is 7.25. The molecule has 0 radical (unpaired) electrons. The van der Waals surface area contributed by atoms with E-state index in [1.807, 2.05) is 31.2 Å². The molecular weight excluding hydrogens is 513 g/mol. The van der Waals surface area contributed by atoms with Gasteiger partial charge in [-0.2, -0.15) is 13.2 Å². The molecule has 4 aromatic rings. The molecule has 2 heterocycles. The van der Waals surface area contributed by atoms with Gasteiger partial charge in [0.1, 0.15) is 5.69 Å². The quantitative estimate of drug-likeness (QED) is 0.277. The summed E-state index contributed by atoms with van der Waals surface area (Å²) < 4.78 is 40.4. The Morgan fingerprint density at radius 2 is 1.76 bits per heavy atom. The van der Waals surface area contributed by atoms with Gasteiger partial charge < -0.3 is 10.6 Å². The number of halogens is 4. The van der Waals surface area contributed by atoms with Gasteiger partial charge in [0.15, 0.2) is 0 Å². The van der Waals surface area contributed by atoms with E-state index >= 15 is 0 Å². The van der Waals surface area contributed by atoms with Crippen molar-refractivity contribution in [2.45, 2.75) is 50.9 Å². The van der Waals surface area contributed by atoms with Crippen molar-refractivity contribution in [2.24, 2.45) is 0 Å². The molecule has 1 saturated carbocycles. The average Bonchev–Trinajstić information content (AvgIpc) is 2.89. The number of aromatic nitrogens is 2. The number of carbonyl (C=O) groups is 1. The number of fused-ring (bicyclic) bond motifs is 1. The van der Waals surface area contributed by atoms with Crippen molar-refractivity contribution in [2.75, 3.05) is 5.32 Å². The van der Waals surface area contributed by atoms with Gasteiger partial charge in [0, 0.05) is 46.1 Å². The number of rotatable bonds is 5. The van der Waals surface area contributed by atoms with Gasteiger partial charge in [-0.1, -0.05) is 41.4 Å². The maximum absolute atomic E-state index is 13.5. The van der Waals surface area contributed by atoms with E-state index in [0.29, 0.717) is 47.3 Å². The normalized spacial score (nSPS) is 17.8. The smallest absolute Gasteiger partial charge is 0.382 e. The molecule has 0 spiro atoms. The first-order valence-electron chi connectivity index (χ1n) is 12.4. The van der Waals surface area contributed by atoms with Crippen molar-refractivity contribution in [3.63, 3.8) is 0 Å². The Bertz CT molecular complexity index is 1480. The molecule has 0 bridgehead atoms. The van der Waals surface area contributed by atoms with Crippen molar-refractivity contribution in [3.8, 4) is 11.1 Å². The van der Waals surface area contributed by atoms with E-state index in [4.69, 9.17) is 11.6 Å². The van der Waals surface area contributed by atoms with Gasteiger partial charge in [-0.3, -0.25) is 9.78 Å². The Hall–Kier alpha value is -3.65. The van der Waals surface area contributed by atoms with Gasteiger partial charge in [0.2, 0.25) is 0 Å².